The van der Waals surface area contributed by atoms with Crippen LogP contribution in [-0.4, -0.2) is 16.0 Å². The van der Waals surface area contributed by atoms with Crippen LogP contribution in [-0.2, 0) is 6.54 Å². The summed E-state index contributed by atoms with van der Waals surface area (Å²) in [6, 6.07) is 7.70. The van der Waals surface area contributed by atoms with E-state index in [0.717, 1.165) is 16.4 Å². The van der Waals surface area contributed by atoms with Crippen molar-refractivity contribution in [2.75, 3.05) is 5.32 Å². The van der Waals surface area contributed by atoms with Crippen LogP contribution < -0.4 is 10.6 Å². The summed E-state index contributed by atoms with van der Waals surface area (Å²) in [5, 5.41) is 8.40. The standard InChI is InChI=1S/C17H18N4OS2/c1-11(16-12(2)20-10-24-16)13-3-5-14(6-4-13)21-17(22)19-9-15-18-7-8-23-15/h3-8,10-11H,9H2,1-2H3,(H2,19,21,22)/t11-/m0/s1. The lowest BCUT2D eigenvalue weighted by Crippen LogP contribution is -2.28. The molecule has 0 bridgehead atoms. The molecule has 0 unspecified atom stereocenters. The van der Waals surface area contributed by atoms with E-state index in [1.165, 1.54) is 21.8 Å². The molecule has 0 spiro atoms. The molecule has 124 valence electrons. The number of thiazole rings is 2. The largest absolute Gasteiger partial charge is 0.331 e. The van der Waals surface area contributed by atoms with E-state index in [9.17, 15) is 4.79 Å². The summed E-state index contributed by atoms with van der Waals surface area (Å²) in [6.07, 6.45) is 1.73. The highest BCUT2D eigenvalue weighted by atomic mass is 32.1. The number of nitrogens with zero attached hydrogens (tertiary/aromatic N) is 2. The number of benzene rings is 1. The van der Waals surface area contributed by atoms with Crippen LogP contribution in [0.15, 0.2) is 41.4 Å². The average molecular weight is 358 g/mol. The van der Waals surface area contributed by atoms with Gasteiger partial charge >= 0.3 is 6.03 Å². The number of nitrogens with one attached hydrogen (secondary N) is 2. The molecule has 0 aliphatic heterocycles. The highest BCUT2D eigenvalue weighted by Gasteiger charge is 2.13. The van der Waals surface area contributed by atoms with E-state index in [-0.39, 0.29) is 6.03 Å². The van der Waals surface area contributed by atoms with E-state index < -0.39 is 0 Å². The van der Waals surface area contributed by atoms with Crippen molar-refractivity contribution in [2.45, 2.75) is 26.3 Å². The molecular weight excluding hydrogens is 340 g/mol. The number of aryl methyl sites for hydroxylation is 1. The number of hydrogen-bond acceptors (Lipinski definition) is 5. The zero-order valence-electron chi connectivity index (χ0n) is 13.4. The van der Waals surface area contributed by atoms with Gasteiger partial charge in [0.15, 0.2) is 0 Å². The van der Waals surface area contributed by atoms with Crippen LogP contribution in [0.25, 0.3) is 0 Å². The number of aromatic nitrogens is 2. The Morgan fingerprint density at radius 1 is 1.21 bits per heavy atom. The number of urea groups is 1. The summed E-state index contributed by atoms with van der Waals surface area (Å²) in [7, 11) is 0. The van der Waals surface area contributed by atoms with E-state index in [1.54, 1.807) is 17.5 Å². The van der Waals surface area contributed by atoms with Crippen LogP contribution in [0.3, 0.4) is 0 Å². The van der Waals surface area contributed by atoms with Crippen molar-refractivity contribution < 1.29 is 4.79 Å². The van der Waals surface area contributed by atoms with Gasteiger partial charge in [0.2, 0.25) is 0 Å². The summed E-state index contributed by atoms with van der Waals surface area (Å²) in [4.78, 5) is 21.6. The van der Waals surface area contributed by atoms with Gasteiger partial charge in [-0.25, -0.2) is 14.8 Å². The molecule has 2 N–H and O–H groups in total. The van der Waals surface area contributed by atoms with E-state index in [1.807, 2.05) is 42.1 Å². The number of carbonyl (C=O) groups excluding carboxylic acids is 1. The Balaban J connectivity index is 1.58. The van der Waals surface area contributed by atoms with Crippen LogP contribution in [0.5, 0.6) is 0 Å². The van der Waals surface area contributed by atoms with Crippen molar-refractivity contribution in [1.82, 2.24) is 15.3 Å². The predicted octanol–water partition coefficient (Wildman–Crippen LogP) is 4.38. The zero-order valence-corrected chi connectivity index (χ0v) is 15.1. The van der Waals surface area contributed by atoms with Crippen molar-refractivity contribution in [3.63, 3.8) is 0 Å². The van der Waals surface area contributed by atoms with Gasteiger partial charge in [-0.2, -0.15) is 0 Å². The van der Waals surface area contributed by atoms with Crippen molar-refractivity contribution in [3.05, 3.63) is 62.5 Å². The number of carbonyl (C=O) groups is 1. The first-order chi connectivity index (χ1) is 11.6. The molecule has 3 rings (SSSR count). The maximum atomic E-state index is 11.9. The topological polar surface area (TPSA) is 66.9 Å². The molecule has 0 fully saturated rings. The predicted molar refractivity (Wildman–Crippen MR) is 98.8 cm³/mol. The molecule has 5 nitrogen and oxygen atoms in total. The summed E-state index contributed by atoms with van der Waals surface area (Å²) in [5.41, 5.74) is 4.93. The second kappa shape index (κ2) is 7.55. The third-order valence-corrected chi connectivity index (χ3v) is 5.62. The van der Waals surface area contributed by atoms with E-state index in [0.29, 0.717) is 12.5 Å². The molecule has 0 saturated carbocycles. The maximum absolute atomic E-state index is 11.9. The van der Waals surface area contributed by atoms with Gasteiger partial charge in [0.25, 0.3) is 0 Å². The first-order valence-electron chi connectivity index (χ1n) is 7.56. The molecule has 7 heteroatoms. The van der Waals surface area contributed by atoms with Crippen LogP contribution in [0, 0.1) is 6.92 Å². The molecule has 1 aromatic carbocycles. The molecule has 2 aromatic heterocycles. The number of amides is 2. The maximum Gasteiger partial charge on any atom is 0.319 e. The highest BCUT2D eigenvalue weighted by molar-refractivity contribution is 7.10. The lowest BCUT2D eigenvalue weighted by Gasteiger charge is -2.12. The smallest absolute Gasteiger partial charge is 0.319 e. The van der Waals surface area contributed by atoms with E-state index in [2.05, 4.69) is 27.5 Å². The molecule has 2 heterocycles. The molecule has 0 radical (unpaired) electrons. The summed E-state index contributed by atoms with van der Waals surface area (Å²) < 4.78 is 0. The molecule has 0 aliphatic carbocycles. The number of anilines is 1. The first-order valence-corrected chi connectivity index (χ1v) is 9.32. The van der Waals surface area contributed by atoms with Gasteiger partial charge in [-0.1, -0.05) is 19.1 Å². The van der Waals surface area contributed by atoms with Gasteiger partial charge in [-0.3, -0.25) is 0 Å². The monoisotopic (exact) mass is 358 g/mol. The van der Waals surface area contributed by atoms with Gasteiger partial charge < -0.3 is 10.6 Å². The Morgan fingerprint density at radius 2 is 2.00 bits per heavy atom. The van der Waals surface area contributed by atoms with Gasteiger partial charge in [0, 0.05) is 28.1 Å². The summed E-state index contributed by atoms with van der Waals surface area (Å²) in [6.45, 7) is 4.64. The van der Waals surface area contributed by atoms with Crippen LogP contribution in [0.4, 0.5) is 10.5 Å². The molecule has 24 heavy (non-hydrogen) atoms. The molecular formula is C17H18N4OS2. The second-order valence-corrected chi connectivity index (χ2v) is 7.24. The zero-order chi connectivity index (χ0) is 16.9. The summed E-state index contributed by atoms with van der Waals surface area (Å²) >= 11 is 3.20. The fourth-order valence-electron chi connectivity index (χ4n) is 2.40. The highest BCUT2D eigenvalue weighted by Crippen LogP contribution is 2.30. The second-order valence-electron chi connectivity index (χ2n) is 5.38. The minimum absolute atomic E-state index is 0.232. The lowest BCUT2D eigenvalue weighted by atomic mass is 9.98. The lowest BCUT2D eigenvalue weighted by molar-refractivity contribution is 0.251. The molecule has 0 saturated heterocycles. The first kappa shape index (κ1) is 16.6. The Kier molecular flexibility index (Phi) is 5.22. The molecule has 0 aliphatic rings. The molecule has 3 aromatic rings. The Labute approximate surface area is 148 Å². The summed E-state index contributed by atoms with van der Waals surface area (Å²) in [5.74, 6) is 0.297. The normalized spacial score (nSPS) is 11.9. The van der Waals surface area contributed by atoms with Crippen molar-refractivity contribution in [2.24, 2.45) is 0 Å². The third-order valence-electron chi connectivity index (χ3n) is 3.73. The van der Waals surface area contributed by atoms with Gasteiger partial charge in [0.05, 0.1) is 17.7 Å². The molecule has 2 amide bonds. The Bertz CT molecular complexity index is 796. The van der Waals surface area contributed by atoms with Gasteiger partial charge in [0.1, 0.15) is 5.01 Å². The van der Waals surface area contributed by atoms with Gasteiger partial charge in [-0.05, 0) is 24.6 Å². The Hall–Kier alpha value is -2.25. The average Bonchev–Trinajstić information content (AvgIpc) is 3.24. The van der Waals surface area contributed by atoms with Crippen LogP contribution in [0.2, 0.25) is 0 Å². The minimum Gasteiger partial charge on any atom is -0.331 e. The quantitative estimate of drug-likeness (QED) is 0.711. The molecule has 1 atom stereocenters. The Morgan fingerprint density at radius 3 is 2.62 bits per heavy atom. The van der Waals surface area contributed by atoms with E-state index in [4.69, 9.17) is 0 Å². The fraction of sp³-hybridized carbons (Fsp3) is 0.235. The van der Waals surface area contributed by atoms with E-state index >= 15 is 0 Å². The van der Waals surface area contributed by atoms with Crippen LogP contribution in [0.1, 0.15) is 34.0 Å². The number of rotatable bonds is 5. The van der Waals surface area contributed by atoms with Crippen LogP contribution >= 0.6 is 22.7 Å². The minimum atomic E-state index is -0.232. The van der Waals surface area contributed by atoms with Crippen molar-refractivity contribution in [1.29, 1.82) is 0 Å². The van der Waals surface area contributed by atoms with Crippen molar-refractivity contribution >= 4 is 34.4 Å². The van der Waals surface area contributed by atoms with Crippen molar-refractivity contribution in [3.8, 4) is 0 Å². The third kappa shape index (κ3) is 3.98. The SMILES string of the molecule is Cc1ncsc1[C@@H](C)c1ccc(NC(=O)NCc2nccs2)cc1. The fourth-order valence-corrected chi connectivity index (χ4v) is 3.85. The van der Waals surface area contributed by atoms with Gasteiger partial charge in [-0.15, -0.1) is 22.7 Å². The number of hydrogen-bond donors (Lipinski definition) is 2.